The average Bonchev–Trinajstić information content (AvgIpc) is 3.29. The van der Waals surface area contributed by atoms with Crippen molar-refractivity contribution in [3.8, 4) is 0 Å². The Morgan fingerprint density at radius 1 is 1.23 bits per heavy atom. The molecule has 2 aromatic rings. The van der Waals surface area contributed by atoms with Crippen LogP contribution in [0.3, 0.4) is 0 Å². The SMILES string of the molecule is CC(C)=c1c(CCC2CCCO2)ccc/c1=C1\c2cc(=O)c(C(=O)O)cn2C(C(C)(C)C)CN1C. The van der Waals surface area contributed by atoms with Crippen LogP contribution in [0.25, 0.3) is 11.3 Å². The number of carboxylic acids is 1. The maximum atomic E-state index is 12.9. The molecule has 0 aliphatic carbocycles. The first-order valence-corrected chi connectivity index (χ1v) is 12.6. The fourth-order valence-electron chi connectivity index (χ4n) is 5.61. The number of pyridine rings is 1. The molecule has 6 heteroatoms. The van der Waals surface area contributed by atoms with E-state index in [-0.39, 0.29) is 17.0 Å². The van der Waals surface area contributed by atoms with Crippen LogP contribution in [0, 0.1) is 5.41 Å². The lowest BCUT2D eigenvalue weighted by Crippen LogP contribution is -2.46. The molecule has 0 spiro atoms. The lowest BCUT2D eigenvalue weighted by atomic mass is 9.84. The lowest BCUT2D eigenvalue weighted by Gasteiger charge is -2.43. The van der Waals surface area contributed by atoms with E-state index in [9.17, 15) is 14.7 Å². The Morgan fingerprint density at radius 3 is 2.57 bits per heavy atom. The van der Waals surface area contributed by atoms with Crippen molar-refractivity contribution in [1.82, 2.24) is 9.47 Å². The molecule has 6 nitrogen and oxygen atoms in total. The van der Waals surface area contributed by atoms with Gasteiger partial charge in [-0.1, -0.05) is 44.5 Å². The van der Waals surface area contributed by atoms with Gasteiger partial charge in [0.15, 0.2) is 5.43 Å². The van der Waals surface area contributed by atoms with Crippen molar-refractivity contribution in [1.29, 1.82) is 0 Å². The van der Waals surface area contributed by atoms with Crippen molar-refractivity contribution in [3.05, 3.63) is 67.9 Å². The van der Waals surface area contributed by atoms with Crippen LogP contribution < -0.4 is 15.9 Å². The Balaban J connectivity index is 1.99. The van der Waals surface area contributed by atoms with E-state index < -0.39 is 11.4 Å². The van der Waals surface area contributed by atoms with E-state index in [4.69, 9.17) is 4.74 Å². The van der Waals surface area contributed by atoms with E-state index >= 15 is 0 Å². The number of aromatic nitrogens is 1. The standard InChI is InChI=1S/C29H38N2O4/c1-18(2)26-19(12-13-20-10-8-14-35-20)9-7-11-21(26)27-23-15-24(32)22(28(33)34)16-31(23)25(17-30(27)6)29(3,4)5/h7,9,11,15-16,20,25H,8,10,12-14,17H2,1-6H3,(H,33,34)/b27-21-. The zero-order valence-electron chi connectivity index (χ0n) is 21.9. The normalized spacial score (nSPS) is 21.7. The number of fused-ring (bicyclic) bond motifs is 1. The van der Waals surface area contributed by atoms with Gasteiger partial charge in [-0.2, -0.15) is 0 Å². The third-order valence-electron chi connectivity index (χ3n) is 7.38. The van der Waals surface area contributed by atoms with Crippen LogP contribution in [-0.4, -0.2) is 46.8 Å². The summed E-state index contributed by atoms with van der Waals surface area (Å²) in [6.07, 6.45) is 6.07. The molecular weight excluding hydrogens is 440 g/mol. The van der Waals surface area contributed by atoms with Gasteiger partial charge in [0.2, 0.25) is 0 Å². The summed E-state index contributed by atoms with van der Waals surface area (Å²) in [5, 5.41) is 11.9. The third kappa shape index (κ3) is 4.94. The number of rotatable bonds is 4. The van der Waals surface area contributed by atoms with Crippen LogP contribution in [0.5, 0.6) is 0 Å². The molecule has 1 aromatic carbocycles. The summed E-state index contributed by atoms with van der Waals surface area (Å²) < 4.78 is 7.89. The van der Waals surface area contributed by atoms with Gasteiger partial charge in [0.05, 0.1) is 23.5 Å². The van der Waals surface area contributed by atoms with Crippen LogP contribution in [0.15, 0.2) is 35.3 Å². The second kappa shape index (κ2) is 9.65. The topological polar surface area (TPSA) is 71.8 Å². The average molecular weight is 479 g/mol. The highest BCUT2D eigenvalue weighted by molar-refractivity contribution is 5.87. The molecule has 188 valence electrons. The molecule has 0 bridgehead atoms. The molecule has 2 atom stereocenters. The summed E-state index contributed by atoms with van der Waals surface area (Å²) in [6, 6.07) is 7.95. The van der Waals surface area contributed by atoms with Crippen molar-refractivity contribution in [2.24, 2.45) is 5.41 Å². The third-order valence-corrected chi connectivity index (χ3v) is 7.38. The van der Waals surface area contributed by atoms with E-state index in [0.717, 1.165) is 55.4 Å². The summed E-state index contributed by atoms with van der Waals surface area (Å²) in [5.41, 5.74) is 3.47. The summed E-state index contributed by atoms with van der Waals surface area (Å²) >= 11 is 0. The molecule has 1 fully saturated rings. The van der Waals surface area contributed by atoms with Crippen molar-refractivity contribution >= 4 is 17.2 Å². The summed E-state index contributed by atoms with van der Waals surface area (Å²) in [7, 11) is 2.07. The largest absolute Gasteiger partial charge is 0.477 e. The summed E-state index contributed by atoms with van der Waals surface area (Å²) in [6.45, 7) is 12.3. The van der Waals surface area contributed by atoms with E-state index in [1.807, 2.05) is 4.57 Å². The van der Waals surface area contributed by atoms with Crippen molar-refractivity contribution < 1.29 is 14.6 Å². The van der Waals surface area contributed by atoms with Crippen LogP contribution in [0.4, 0.5) is 0 Å². The Kier molecular flexibility index (Phi) is 6.96. The minimum atomic E-state index is -1.19. The van der Waals surface area contributed by atoms with Crippen molar-refractivity contribution in [3.63, 3.8) is 0 Å². The van der Waals surface area contributed by atoms with Gasteiger partial charge >= 0.3 is 5.97 Å². The maximum absolute atomic E-state index is 12.9. The number of benzene rings is 1. The molecule has 1 aromatic heterocycles. The smallest absolute Gasteiger partial charge is 0.341 e. The van der Waals surface area contributed by atoms with E-state index in [1.165, 1.54) is 22.4 Å². The fraction of sp³-hybridized carbons (Fsp3) is 0.517. The summed E-state index contributed by atoms with van der Waals surface area (Å²) in [4.78, 5) is 26.9. The Morgan fingerprint density at radius 2 is 1.97 bits per heavy atom. The van der Waals surface area contributed by atoms with Gasteiger partial charge in [-0.05, 0) is 55.7 Å². The molecule has 0 amide bonds. The molecule has 1 N–H and O–H groups in total. The zero-order chi connectivity index (χ0) is 25.5. The van der Waals surface area contributed by atoms with Crippen LogP contribution in [0.1, 0.15) is 81.5 Å². The maximum Gasteiger partial charge on any atom is 0.341 e. The first-order chi connectivity index (χ1) is 16.5. The summed E-state index contributed by atoms with van der Waals surface area (Å²) in [5.74, 6) is -1.19. The molecule has 2 unspecified atom stereocenters. The van der Waals surface area contributed by atoms with Gasteiger partial charge in [-0.25, -0.2) is 4.79 Å². The predicted octanol–water partition coefficient (Wildman–Crippen LogP) is 3.54. The molecule has 0 saturated carbocycles. The molecule has 1 saturated heterocycles. The van der Waals surface area contributed by atoms with E-state index in [2.05, 4.69) is 64.8 Å². The number of ether oxygens (including phenoxy) is 1. The Hall–Kier alpha value is -2.86. The van der Waals surface area contributed by atoms with Gasteiger partial charge < -0.3 is 19.3 Å². The molecule has 0 radical (unpaired) electrons. The molecule has 2 aliphatic rings. The molecule has 2 aliphatic heterocycles. The number of nitrogens with zero attached hydrogens (tertiary/aromatic N) is 2. The van der Waals surface area contributed by atoms with Gasteiger partial charge in [0.1, 0.15) is 5.56 Å². The number of hydrogen-bond acceptors (Lipinski definition) is 4. The quantitative estimate of drug-likeness (QED) is 0.728. The number of likely N-dealkylation sites (N-methyl/N-ethyl adjacent to an activating group) is 1. The van der Waals surface area contributed by atoms with Crippen LogP contribution in [-0.2, 0) is 11.2 Å². The number of carbonyl (C=O) groups is 1. The van der Waals surface area contributed by atoms with Gasteiger partial charge in [-0.15, -0.1) is 0 Å². The van der Waals surface area contributed by atoms with Gasteiger partial charge in [0, 0.05) is 37.7 Å². The lowest BCUT2D eigenvalue weighted by molar-refractivity contribution is 0.0693. The number of carboxylic acid groups (broad SMARTS) is 1. The van der Waals surface area contributed by atoms with E-state index in [1.54, 1.807) is 6.20 Å². The zero-order valence-corrected chi connectivity index (χ0v) is 21.9. The predicted molar refractivity (Wildman–Crippen MR) is 139 cm³/mol. The molecule has 35 heavy (non-hydrogen) atoms. The number of aryl methyl sites for hydroxylation is 1. The van der Waals surface area contributed by atoms with Gasteiger partial charge in [-0.3, -0.25) is 4.79 Å². The molecule has 4 rings (SSSR count). The fourth-order valence-corrected chi connectivity index (χ4v) is 5.61. The Labute approximate surface area is 207 Å². The Bertz CT molecular complexity index is 1310. The van der Waals surface area contributed by atoms with E-state index in [0.29, 0.717) is 6.10 Å². The molecule has 3 heterocycles. The van der Waals surface area contributed by atoms with Crippen molar-refractivity contribution in [2.45, 2.75) is 72.4 Å². The second-order valence-corrected chi connectivity index (χ2v) is 11.3. The minimum absolute atomic E-state index is 0.0165. The van der Waals surface area contributed by atoms with Crippen molar-refractivity contribution in [2.75, 3.05) is 20.2 Å². The highest BCUT2D eigenvalue weighted by Crippen LogP contribution is 2.37. The van der Waals surface area contributed by atoms with Crippen LogP contribution in [0.2, 0.25) is 0 Å². The van der Waals surface area contributed by atoms with Gasteiger partial charge in [0.25, 0.3) is 0 Å². The monoisotopic (exact) mass is 478 g/mol. The second-order valence-electron chi connectivity index (χ2n) is 11.3. The highest BCUT2D eigenvalue weighted by Gasteiger charge is 2.35. The first-order valence-electron chi connectivity index (χ1n) is 12.6. The van der Waals surface area contributed by atoms with Crippen LogP contribution >= 0.6 is 0 Å². The number of aromatic carboxylic acids is 1. The number of hydrogen-bond donors (Lipinski definition) is 1. The minimum Gasteiger partial charge on any atom is -0.477 e. The highest BCUT2D eigenvalue weighted by atomic mass is 16.5. The first kappa shape index (κ1) is 25.2. The molecular formula is C29H38N2O4.